The molecule has 0 aliphatic carbocycles. The molecule has 1 atom stereocenters. The van der Waals surface area contributed by atoms with E-state index in [9.17, 15) is 4.79 Å². The van der Waals surface area contributed by atoms with Crippen molar-refractivity contribution in [2.24, 2.45) is 0 Å². The third-order valence-corrected chi connectivity index (χ3v) is 2.39. The van der Waals surface area contributed by atoms with Crippen LogP contribution in [0.3, 0.4) is 0 Å². The summed E-state index contributed by atoms with van der Waals surface area (Å²) in [6.07, 6.45) is 0.622. The molecule has 1 aromatic heterocycles. The van der Waals surface area contributed by atoms with Gasteiger partial charge in [-0.1, -0.05) is 0 Å². The highest BCUT2D eigenvalue weighted by Crippen LogP contribution is 2.11. The van der Waals surface area contributed by atoms with Crippen LogP contribution in [0.1, 0.15) is 10.4 Å². The van der Waals surface area contributed by atoms with Crippen LogP contribution in [0.25, 0.3) is 11.0 Å². The van der Waals surface area contributed by atoms with E-state index < -0.39 is 6.10 Å². The second kappa shape index (κ2) is 4.94. The van der Waals surface area contributed by atoms with E-state index in [4.69, 9.17) is 10.2 Å². The number of rotatable bonds is 4. The van der Waals surface area contributed by atoms with Crippen molar-refractivity contribution in [1.29, 1.82) is 0 Å². The number of H-pyrrole nitrogens is 1. The first kappa shape index (κ1) is 11.6. The molecule has 0 saturated heterocycles. The average Bonchev–Trinajstić information content (AvgIpc) is 2.82. The first-order chi connectivity index (χ1) is 8.20. The third kappa shape index (κ3) is 2.61. The molecule has 2 rings (SSSR count). The molecule has 6 heteroatoms. The van der Waals surface area contributed by atoms with E-state index in [0.29, 0.717) is 5.56 Å². The number of hydrogen-bond acceptors (Lipinski definition) is 4. The number of carbonyl (C=O) groups is 1. The summed E-state index contributed by atoms with van der Waals surface area (Å²) in [4.78, 5) is 18.6. The van der Waals surface area contributed by atoms with Crippen molar-refractivity contribution in [2.45, 2.75) is 6.10 Å². The Labute approximate surface area is 97.3 Å². The fourth-order valence-electron chi connectivity index (χ4n) is 1.45. The van der Waals surface area contributed by atoms with Gasteiger partial charge in [-0.05, 0) is 18.2 Å². The van der Waals surface area contributed by atoms with E-state index >= 15 is 0 Å². The number of amides is 1. The molecule has 0 bridgehead atoms. The van der Waals surface area contributed by atoms with Gasteiger partial charge in [-0.15, -0.1) is 0 Å². The molecule has 0 aliphatic rings. The molecule has 1 amide bonds. The number of aliphatic hydroxyl groups is 2. The molecule has 0 saturated carbocycles. The van der Waals surface area contributed by atoms with Gasteiger partial charge in [0.2, 0.25) is 0 Å². The van der Waals surface area contributed by atoms with E-state index in [1.165, 1.54) is 0 Å². The zero-order chi connectivity index (χ0) is 12.3. The lowest BCUT2D eigenvalue weighted by atomic mass is 10.2. The number of nitrogens with one attached hydrogen (secondary N) is 2. The van der Waals surface area contributed by atoms with Crippen LogP contribution in [-0.4, -0.2) is 45.3 Å². The average molecular weight is 235 g/mol. The minimum Gasteiger partial charge on any atom is -0.394 e. The second-order valence-electron chi connectivity index (χ2n) is 3.68. The first-order valence-electron chi connectivity index (χ1n) is 5.21. The van der Waals surface area contributed by atoms with E-state index in [1.807, 2.05) is 0 Å². The summed E-state index contributed by atoms with van der Waals surface area (Å²) in [7, 11) is 0. The summed E-state index contributed by atoms with van der Waals surface area (Å²) in [6, 6.07) is 5.08. The van der Waals surface area contributed by atoms with Crippen molar-refractivity contribution in [3.8, 4) is 0 Å². The van der Waals surface area contributed by atoms with Crippen molar-refractivity contribution in [3.05, 3.63) is 30.1 Å². The normalized spacial score (nSPS) is 12.6. The minimum absolute atomic E-state index is 0.0242. The van der Waals surface area contributed by atoms with Gasteiger partial charge in [0.05, 0.1) is 30.1 Å². The maximum absolute atomic E-state index is 11.7. The SMILES string of the molecule is O=C(NC[C@@H](O)CO)c1ccc2nc[nH]c2c1. The van der Waals surface area contributed by atoms with Crippen LogP contribution in [-0.2, 0) is 0 Å². The van der Waals surface area contributed by atoms with Crippen LogP contribution in [0.4, 0.5) is 0 Å². The Morgan fingerprint density at radius 1 is 1.53 bits per heavy atom. The second-order valence-corrected chi connectivity index (χ2v) is 3.68. The number of benzene rings is 1. The van der Waals surface area contributed by atoms with Crippen LogP contribution in [0.5, 0.6) is 0 Å². The Kier molecular flexibility index (Phi) is 3.36. The Bertz CT molecular complexity index is 523. The van der Waals surface area contributed by atoms with E-state index in [2.05, 4.69) is 15.3 Å². The highest BCUT2D eigenvalue weighted by molar-refractivity contribution is 5.97. The van der Waals surface area contributed by atoms with Crippen LogP contribution >= 0.6 is 0 Å². The number of imidazole rings is 1. The van der Waals surface area contributed by atoms with Crippen molar-refractivity contribution in [3.63, 3.8) is 0 Å². The molecule has 0 fully saturated rings. The Hall–Kier alpha value is -1.92. The van der Waals surface area contributed by atoms with Crippen LogP contribution in [0.2, 0.25) is 0 Å². The zero-order valence-corrected chi connectivity index (χ0v) is 9.05. The van der Waals surface area contributed by atoms with Gasteiger partial charge in [0.25, 0.3) is 5.91 Å². The monoisotopic (exact) mass is 235 g/mol. The highest BCUT2D eigenvalue weighted by Gasteiger charge is 2.09. The lowest BCUT2D eigenvalue weighted by Crippen LogP contribution is -2.33. The van der Waals surface area contributed by atoms with Gasteiger partial charge in [0, 0.05) is 12.1 Å². The molecule has 90 valence electrons. The fourth-order valence-corrected chi connectivity index (χ4v) is 1.45. The Balaban J connectivity index is 2.08. The molecule has 2 aromatic rings. The summed E-state index contributed by atoms with van der Waals surface area (Å²) < 4.78 is 0. The molecule has 6 nitrogen and oxygen atoms in total. The first-order valence-corrected chi connectivity index (χ1v) is 5.21. The predicted octanol–water partition coefficient (Wildman–Crippen LogP) is -0.354. The summed E-state index contributed by atoms with van der Waals surface area (Å²) >= 11 is 0. The van der Waals surface area contributed by atoms with Crippen LogP contribution in [0.15, 0.2) is 24.5 Å². The molecule has 17 heavy (non-hydrogen) atoms. The number of hydrogen-bond donors (Lipinski definition) is 4. The third-order valence-electron chi connectivity index (χ3n) is 2.39. The van der Waals surface area contributed by atoms with Crippen LogP contribution < -0.4 is 5.32 Å². The number of aliphatic hydroxyl groups excluding tert-OH is 2. The Morgan fingerprint density at radius 3 is 3.12 bits per heavy atom. The molecule has 0 spiro atoms. The van der Waals surface area contributed by atoms with Crippen molar-refractivity contribution >= 4 is 16.9 Å². The fraction of sp³-hybridized carbons (Fsp3) is 0.273. The number of aromatic nitrogens is 2. The predicted molar refractivity (Wildman–Crippen MR) is 61.5 cm³/mol. The summed E-state index contributed by atoms with van der Waals surface area (Å²) in [5.74, 6) is -0.297. The topological polar surface area (TPSA) is 98.2 Å². The summed E-state index contributed by atoms with van der Waals surface area (Å²) in [5, 5.41) is 20.3. The lowest BCUT2D eigenvalue weighted by molar-refractivity contribution is 0.0802. The van der Waals surface area contributed by atoms with Crippen LogP contribution in [0, 0.1) is 0 Å². The molecular weight excluding hydrogens is 222 g/mol. The van der Waals surface area contributed by atoms with Gasteiger partial charge in [0.1, 0.15) is 0 Å². The standard InChI is InChI=1S/C11H13N3O3/c15-5-8(16)4-12-11(17)7-1-2-9-10(3-7)14-6-13-9/h1-3,6,8,15-16H,4-5H2,(H,12,17)(H,13,14)/t8-/m1/s1. The van der Waals surface area contributed by atoms with E-state index in [-0.39, 0.29) is 19.1 Å². The molecule has 0 radical (unpaired) electrons. The molecule has 4 N–H and O–H groups in total. The number of aromatic amines is 1. The smallest absolute Gasteiger partial charge is 0.251 e. The number of fused-ring (bicyclic) bond motifs is 1. The molecule has 1 aromatic carbocycles. The molecular formula is C11H13N3O3. The maximum Gasteiger partial charge on any atom is 0.251 e. The van der Waals surface area contributed by atoms with Gasteiger partial charge in [-0.25, -0.2) is 4.98 Å². The lowest BCUT2D eigenvalue weighted by Gasteiger charge is -2.08. The van der Waals surface area contributed by atoms with Gasteiger partial charge in [-0.3, -0.25) is 4.79 Å². The van der Waals surface area contributed by atoms with E-state index in [1.54, 1.807) is 24.5 Å². The zero-order valence-electron chi connectivity index (χ0n) is 9.05. The van der Waals surface area contributed by atoms with Gasteiger partial charge < -0.3 is 20.5 Å². The van der Waals surface area contributed by atoms with Crippen molar-refractivity contribution in [1.82, 2.24) is 15.3 Å². The summed E-state index contributed by atoms with van der Waals surface area (Å²) in [5.41, 5.74) is 2.05. The molecule has 0 unspecified atom stereocenters. The van der Waals surface area contributed by atoms with E-state index in [0.717, 1.165) is 11.0 Å². The van der Waals surface area contributed by atoms with Crippen molar-refractivity contribution in [2.75, 3.05) is 13.2 Å². The largest absolute Gasteiger partial charge is 0.394 e. The van der Waals surface area contributed by atoms with Gasteiger partial charge in [-0.2, -0.15) is 0 Å². The quantitative estimate of drug-likeness (QED) is 0.582. The van der Waals surface area contributed by atoms with Crippen molar-refractivity contribution < 1.29 is 15.0 Å². The highest BCUT2D eigenvalue weighted by atomic mass is 16.3. The number of nitrogens with zero attached hydrogens (tertiary/aromatic N) is 1. The van der Waals surface area contributed by atoms with Gasteiger partial charge >= 0.3 is 0 Å². The molecule has 0 aliphatic heterocycles. The maximum atomic E-state index is 11.7. The van der Waals surface area contributed by atoms with Gasteiger partial charge in [0.15, 0.2) is 0 Å². The minimum atomic E-state index is -0.935. The summed E-state index contributed by atoms with van der Waals surface area (Å²) in [6.45, 7) is -0.351. The number of carbonyl (C=O) groups excluding carboxylic acids is 1. The molecule has 1 heterocycles. The Morgan fingerprint density at radius 2 is 2.35 bits per heavy atom.